The number of carboxylic acid groups (broad SMARTS) is 1. The average Bonchev–Trinajstić information content (AvgIpc) is 2.89. The Labute approximate surface area is 209 Å². The van der Waals surface area contributed by atoms with E-state index in [1.54, 1.807) is 12.1 Å². The van der Waals surface area contributed by atoms with Crippen molar-refractivity contribution in [1.29, 1.82) is 5.26 Å². The molecule has 5 heteroatoms. The number of carbonyl (C=O) groups excluding carboxylic acids is 1. The van der Waals surface area contributed by atoms with E-state index >= 15 is 0 Å². The molecule has 1 saturated carbocycles. The Hall–Kier alpha value is -4.69. The molecule has 0 aliphatic heterocycles. The standard InChI is InChI=1S/C31H23NO4/c32-19-24-17-16-23(20-10-4-1-5-11-20)18-25(24)36-31(35)29-26(21-12-6-2-7-13-21)28(30(33)34)27(29)22-14-8-3-9-15-22/h1-18,26-29H,(H,33,34)/t26-,27?,28-,29-/m0/s1. The van der Waals surface area contributed by atoms with Gasteiger partial charge in [0.15, 0.2) is 0 Å². The van der Waals surface area contributed by atoms with Crippen LogP contribution < -0.4 is 4.74 Å². The summed E-state index contributed by atoms with van der Waals surface area (Å²) in [5.74, 6) is -3.93. The van der Waals surface area contributed by atoms with E-state index in [-0.39, 0.29) is 11.3 Å². The first-order valence-corrected chi connectivity index (χ1v) is 11.7. The van der Waals surface area contributed by atoms with Gasteiger partial charge < -0.3 is 9.84 Å². The summed E-state index contributed by atoms with van der Waals surface area (Å²) in [5.41, 5.74) is 3.53. The van der Waals surface area contributed by atoms with E-state index in [0.29, 0.717) is 0 Å². The van der Waals surface area contributed by atoms with Crippen LogP contribution in [0.25, 0.3) is 11.1 Å². The Kier molecular flexibility index (Phi) is 6.34. The van der Waals surface area contributed by atoms with E-state index in [2.05, 4.69) is 6.07 Å². The first kappa shape index (κ1) is 23.1. The molecule has 176 valence electrons. The van der Waals surface area contributed by atoms with Gasteiger partial charge in [0.05, 0.1) is 17.4 Å². The van der Waals surface area contributed by atoms with Gasteiger partial charge >= 0.3 is 11.9 Å². The second-order valence-electron chi connectivity index (χ2n) is 8.87. The van der Waals surface area contributed by atoms with Gasteiger partial charge in [0.25, 0.3) is 0 Å². The number of nitriles is 1. The van der Waals surface area contributed by atoms with Crippen molar-refractivity contribution in [3.05, 3.63) is 126 Å². The molecule has 0 heterocycles. The molecule has 0 bridgehead atoms. The molecule has 4 atom stereocenters. The van der Waals surface area contributed by atoms with Gasteiger partial charge in [-0.25, -0.2) is 0 Å². The SMILES string of the molecule is N#Cc1ccc(-c2ccccc2)cc1OC(=O)[C@@H]1C(c2ccccc2)[C@@H](C(=O)O)[C@@H]1c1ccccc1. The van der Waals surface area contributed by atoms with E-state index in [4.69, 9.17) is 4.74 Å². The fourth-order valence-electron chi connectivity index (χ4n) is 5.21. The highest BCUT2D eigenvalue weighted by Gasteiger charge is 2.59. The number of aliphatic carboxylic acids is 1. The zero-order valence-corrected chi connectivity index (χ0v) is 19.3. The second kappa shape index (κ2) is 9.89. The van der Waals surface area contributed by atoms with Gasteiger partial charge in [-0.15, -0.1) is 0 Å². The molecule has 5 rings (SSSR count). The van der Waals surface area contributed by atoms with Crippen molar-refractivity contribution in [1.82, 2.24) is 0 Å². The third-order valence-corrected chi connectivity index (χ3v) is 6.89. The van der Waals surface area contributed by atoms with Gasteiger partial charge in [0.2, 0.25) is 0 Å². The van der Waals surface area contributed by atoms with E-state index in [1.807, 2.05) is 97.1 Å². The molecular formula is C31H23NO4. The van der Waals surface area contributed by atoms with Gasteiger partial charge in [-0.05, 0) is 34.4 Å². The third kappa shape index (κ3) is 4.25. The number of hydrogen-bond acceptors (Lipinski definition) is 4. The summed E-state index contributed by atoms with van der Waals surface area (Å²) in [6.07, 6.45) is 0. The van der Waals surface area contributed by atoms with Gasteiger partial charge in [0, 0.05) is 11.8 Å². The maximum atomic E-state index is 13.7. The van der Waals surface area contributed by atoms with Gasteiger partial charge in [0.1, 0.15) is 11.8 Å². The quantitative estimate of drug-likeness (QED) is 0.273. The van der Waals surface area contributed by atoms with E-state index in [9.17, 15) is 20.0 Å². The lowest BCUT2D eigenvalue weighted by Crippen LogP contribution is -2.52. The maximum absolute atomic E-state index is 13.7. The van der Waals surface area contributed by atoms with Crippen molar-refractivity contribution in [3.8, 4) is 22.9 Å². The summed E-state index contributed by atoms with van der Waals surface area (Å²) in [6.45, 7) is 0. The molecule has 0 spiro atoms. The van der Waals surface area contributed by atoms with Gasteiger partial charge in [-0.1, -0.05) is 97.1 Å². The predicted molar refractivity (Wildman–Crippen MR) is 135 cm³/mol. The summed E-state index contributed by atoms with van der Waals surface area (Å²) in [7, 11) is 0. The molecule has 1 unspecified atom stereocenters. The zero-order valence-electron chi connectivity index (χ0n) is 19.3. The molecule has 5 nitrogen and oxygen atoms in total. The molecule has 1 N–H and O–H groups in total. The van der Waals surface area contributed by atoms with Crippen LogP contribution in [0.2, 0.25) is 0 Å². The van der Waals surface area contributed by atoms with Crippen molar-refractivity contribution in [2.75, 3.05) is 0 Å². The van der Waals surface area contributed by atoms with Gasteiger partial charge in [-0.3, -0.25) is 9.59 Å². The summed E-state index contributed by atoms with van der Waals surface area (Å²) in [4.78, 5) is 26.1. The summed E-state index contributed by atoms with van der Waals surface area (Å²) >= 11 is 0. The van der Waals surface area contributed by atoms with Crippen LogP contribution in [-0.2, 0) is 9.59 Å². The van der Waals surface area contributed by atoms with Crippen LogP contribution >= 0.6 is 0 Å². The summed E-state index contributed by atoms with van der Waals surface area (Å²) in [5, 5.41) is 19.8. The van der Waals surface area contributed by atoms with Gasteiger partial charge in [-0.2, -0.15) is 5.26 Å². The number of ether oxygens (including phenoxy) is 1. The maximum Gasteiger partial charge on any atom is 0.315 e. The largest absolute Gasteiger partial charge is 0.481 e. The molecule has 1 aliphatic carbocycles. The number of esters is 1. The first-order chi connectivity index (χ1) is 17.6. The third-order valence-electron chi connectivity index (χ3n) is 6.89. The number of rotatable bonds is 6. The van der Waals surface area contributed by atoms with Crippen LogP contribution in [-0.4, -0.2) is 17.0 Å². The highest BCUT2D eigenvalue weighted by atomic mass is 16.5. The predicted octanol–water partition coefficient (Wildman–Crippen LogP) is 6.03. The van der Waals surface area contributed by atoms with Crippen molar-refractivity contribution in [3.63, 3.8) is 0 Å². The molecule has 36 heavy (non-hydrogen) atoms. The second-order valence-corrected chi connectivity index (χ2v) is 8.87. The van der Waals surface area contributed by atoms with Crippen molar-refractivity contribution in [2.24, 2.45) is 11.8 Å². The number of carbonyl (C=O) groups is 2. The Balaban J connectivity index is 1.54. The minimum Gasteiger partial charge on any atom is -0.481 e. The summed E-state index contributed by atoms with van der Waals surface area (Å²) in [6, 6.07) is 35.3. The highest BCUT2D eigenvalue weighted by molar-refractivity contribution is 5.86. The Morgan fingerprint density at radius 3 is 1.72 bits per heavy atom. The number of hydrogen-bond donors (Lipinski definition) is 1. The minimum absolute atomic E-state index is 0.168. The minimum atomic E-state index is -0.953. The molecule has 0 radical (unpaired) electrons. The van der Waals surface area contributed by atoms with Crippen LogP contribution in [0.1, 0.15) is 28.5 Å². The van der Waals surface area contributed by atoms with Crippen molar-refractivity contribution in [2.45, 2.75) is 11.8 Å². The lowest BCUT2D eigenvalue weighted by atomic mass is 9.52. The molecule has 0 amide bonds. The molecule has 4 aromatic carbocycles. The Bertz CT molecular complexity index is 1380. The number of benzene rings is 4. The Morgan fingerprint density at radius 2 is 1.22 bits per heavy atom. The topological polar surface area (TPSA) is 87.4 Å². The number of carboxylic acids is 1. The number of nitrogens with zero attached hydrogens (tertiary/aromatic N) is 1. The molecule has 4 aromatic rings. The normalized spacial score (nSPS) is 20.5. The molecule has 1 fully saturated rings. The van der Waals surface area contributed by atoms with Crippen LogP contribution in [0, 0.1) is 23.2 Å². The van der Waals surface area contributed by atoms with Crippen LogP contribution in [0.4, 0.5) is 0 Å². The van der Waals surface area contributed by atoms with E-state index in [0.717, 1.165) is 22.3 Å². The highest BCUT2D eigenvalue weighted by Crippen LogP contribution is 2.58. The Morgan fingerprint density at radius 1 is 0.694 bits per heavy atom. The fraction of sp³-hybridized carbons (Fsp3) is 0.129. The zero-order chi connectivity index (χ0) is 25.1. The van der Waals surface area contributed by atoms with Crippen LogP contribution in [0.15, 0.2) is 109 Å². The first-order valence-electron chi connectivity index (χ1n) is 11.7. The van der Waals surface area contributed by atoms with Crippen LogP contribution in [0.5, 0.6) is 5.75 Å². The molecular weight excluding hydrogens is 450 g/mol. The van der Waals surface area contributed by atoms with E-state index in [1.165, 1.54) is 0 Å². The summed E-state index contributed by atoms with van der Waals surface area (Å²) < 4.78 is 5.88. The molecule has 0 saturated heterocycles. The monoisotopic (exact) mass is 473 g/mol. The van der Waals surface area contributed by atoms with Crippen molar-refractivity contribution >= 4 is 11.9 Å². The van der Waals surface area contributed by atoms with Crippen molar-refractivity contribution < 1.29 is 19.4 Å². The smallest absolute Gasteiger partial charge is 0.315 e. The molecule has 0 aromatic heterocycles. The fourth-order valence-corrected chi connectivity index (χ4v) is 5.21. The van der Waals surface area contributed by atoms with E-state index < -0.39 is 35.6 Å². The molecule has 1 aliphatic rings. The lowest BCUT2D eigenvalue weighted by molar-refractivity contribution is -0.158. The van der Waals surface area contributed by atoms with Crippen LogP contribution in [0.3, 0.4) is 0 Å². The lowest BCUT2D eigenvalue weighted by Gasteiger charge is -2.49. The average molecular weight is 474 g/mol.